The number of rotatable bonds is 15. The van der Waals surface area contributed by atoms with Gasteiger partial charge in [0, 0.05) is 113 Å². The fraction of sp³-hybridized carbons (Fsp3) is 0.0265. The molecule has 0 aliphatic heterocycles. The van der Waals surface area contributed by atoms with Crippen molar-refractivity contribution in [3.8, 4) is 157 Å². The van der Waals surface area contributed by atoms with E-state index in [1.54, 1.807) is 0 Å². The van der Waals surface area contributed by atoms with Crippen molar-refractivity contribution in [1.29, 1.82) is 0 Å². The first kappa shape index (κ1) is 74.3. The van der Waals surface area contributed by atoms with Crippen LogP contribution in [0.1, 0.15) is 18.3 Å². The molecule has 578 valence electrons. The summed E-state index contributed by atoms with van der Waals surface area (Å²) in [5, 5.41) is 8.87. The molecule has 10 nitrogen and oxygen atoms in total. The summed E-state index contributed by atoms with van der Waals surface area (Å²) in [6.45, 7) is 4.22. The summed E-state index contributed by atoms with van der Waals surface area (Å²) in [4.78, 5) is 50.0. The summed E-state index contributed by atoms with van der Waals surface area (Å²) < 4.78 is 0. The lowest BCUT2D eigenvalue weighted by Gasteiger charge is -2.13. The molecule has 0 saturated heterocycles. The van der Waals surface area contributed by atoms with E-state index in [2.05, 4.69) is 364 Å². The number of hydrogen-bond donors (Lipinski definition) is 0. The minimum Gasteiger partial charge on any atom is -0.264 e. The lowest BCUT2D eigenvalue weighted by atomic mass is 9.95. The Labute approximate surface area is 712 Å². The number of aryl methyl sites for hydroxylation is 2. The van der Waals surface area contributed by atoms with E-state index in [9.17, 15) is 0 Å². The zero-order valence-corrected chi connectivity index (χ0v) is 67.4. The van der Waals surface area contributed by atoms with Gasteiger partial charge >= 0.3 is 0 Å². The molecule has 0 N–H and O–H groups in total. The second kappa shape index (κ2) is 32.5. The van der Waals surface area contributed by atoms with Crippen LogP contribution in [0.25, 0.3) is 222 Å². The van der Waals surface area contributed by atoms with E-state index < -0.39 is 0 Å². The normalized spacial score (nSPS) is 11.4. The van der Waals surface area contributed by atoms with Crippen LogP contribution in [0, 0.1) is 6.92 Å². The maximum absolute atomic E-state index is 5.24. The van der Waals surface area contributed by atoms with Crippen molar-refractivity contribution < 1.29 is 0 Å². The molecule has 0 bridgehead atoms. The third-order valence-electron chi connectivity index (χ3n) is 23.2. The zero-order chi connectivity index (χ0) is 82.1. The van der Waals surface area contributed by atoms with Crippen LogP contribution in [0.5, 0.6) is 0 Å². The summed E-state index contributed by atoms with van der Waals surface area (Å²) in [6.07, 6.45) is 8.35. The van der Waals surface area contributed by atoms with E-state index in [1.807, 2.05) is 73.3 Å². The molecular formula is C113H76N10. The van der Waals surface area contributed by atoms with Gasteiger partial charge in [-0.05, 0) is 164 Å². The van der Waals surface area contributed by atoms with Crippen LogP contribution in [0.3, 0.4) is 0 Å². The summed E-state index contributed by atoms with van der Waals surface area (Å²) in [7, 11) is 0. The van der Waals surface area contributed by atoms with Crippen LogP contribution in [0.15, 0.2) is 413 Å². The smallest absolute Gasteiger partial charge is 0.160 e. The number of nitrogens with zero attached hydrogens (tertiary/aromatic N) is 10. The topological polar surface area (TPSA) is 129 Å². The van der Waals surface area contributed by atoms with Gasteiger partial charge in [-0.2, -0.15) is 0 Å². The van der Waals surface area contributed by atoms with Crippen LogP contribution in [-0.2, 0) is 6.42 Å². The predicted octanol–water partition coefficient (Wildman–Crippen LogP) is 28.5. The van der Waals surface area contributed by atoms with Crippen molar-refractivity contribution in [3.05, 3.63) is 424 Å². The minimum atomic E-state index is 0.674. The molecule has 0 amide bonds. The molecule has 10 heteroatoms. The largest absolute Gasteiger partial charge is 0.264 e. The first-order valence-corrected chi connectivity index (χ1v) is 41.5. The molecular weight excluding hydrogens is 1500 g/mol. The Morgan fingerprint density at radius 1 is 0.195 bits per heavy atom. The highest BCUT2D eigenvalue weighted by Gasteiger charge is 2.20. The third-order valence-corrected chi connectivity index (χ3v) is 23.2. The summed E-state index contributed by atoms with van der Waals surface area (Å²) in [5.41, 5.74) is 32.8. The van der Waals surface area contributed by atoms with Gasteiger partial charge in [0.15, 0.2) is 11.6 Å². The second-order valence-corrected chi connectivity index (χ2v) is 31.0. The molecule has 0 aliphatic rings. The van der Waals surface area contributed by atoms with E-state index in [0.29, 0.717) is 11.6 Å². The fourth-order valence-corrected chi connectivity index (χ4v) is 16.9. The lowest BCUT2D eigenvalue weighted by molar-refractivity contribution is 1.06. The van der Waals surface area contributed by atoms with Crippen molar-refractivity contribution in [2.75, 3.05) is 0 Å². The highest BCUT2D eigenvalue weighted by atomic mass is 14.9. The highest BCUT2D eigenvalue weighted by molar-refractivity contribution is 6.11. The lowest BCUT2D eigenvalue weighted by Crippen LogP contribution is -1.96. The van der Waals surface area contributed by atoms with Gasteiger partial charge in [-0.3, -0.25) is 19.9 Å². The Morgan fingerprint density at radius 3 is 1.00 bits per heavy atom. The molecule has 0 aliphatic carbocycles. The van der Waals surface area contributed by atoms with Crippen molar-refractivity contribution in [2.45, 2.75) is 20.3 Å². The van der Waals surface area contributed by atoms with E-state index in [4.69, 9.17) is 39.9 Å². The molecule has 22 rings (SSSR count). The molecule has 8 heterocycles. The van der Waals surface area contributed by atoms with E-state index in [1.165, 1.54) is 5.39 Å². The van der Waals surface area contributed by atoms with E-state index >= 15 is 0 Å². The minimum absolute atomic E-state index is 0.674. The number of aromatic nitrogens is 10. The maximum Gasteiger partial charge on any atom is 0.160 e. The first-order valence-electron chi connectivity index (χ1n) is 41.5. The van der Waals surface area contributed by atoms with Gasteiger partial charge < -0.3 is 0 Å². The standard InChI is InChI=1S/C57H39N5.C56H37N5/c1-2-47-34-51(50-28-26-41-27-29-52(39-12-5-3-6-13-39)60-55(41)56(50)59-47)38-24-22-37(23-25-38)42-16-9-19-45(32-42)57-61-53(40-14-7-4-8-15-40)35-54(62-57)44-18-10-17-43(33-44)48-21-11-20-46-36-58-31-30-49(46)48;1-36-31-50(49-27-25-41-26-28-51(39-11-4-2-5-12-39)59-54(41)55(49)58-36)38-23-21-37(22-24-38)42-15-8-17-44(32-42)53-34-52(40-13-6-3-7-14-40)60-56(61-53)45-18-9-16-43(33-45)47-20-10-19-46-35-57-30-29-48(46)47/h3-36H,2H2,1H3;2-35H,1H3. The molecule has 123 heavy (non-hydrogen) atoms. The maximum atomic E-state index is 5.24. The highest BCUT2D eigenvalue weighted by Crippen LogP contribution is 2.42. The van der Waals surface area contributed by atoms with Gasteiger partial charge in [-0.15, -0.1) is 0 Å². The Balaban J connectivity index is 0.000000151. The second-order valence-electron chi connectivity index (χ2n) is 31.0. The SMILES string of the molecule is CCc1cc(-c2ccc(-c3cccc(-c4nc(-c5ccccc5)cc(-c5cccc(-c6cccc7cnccc67)c5)n4)c3)cc2)c2ccc3ccc(-c4ccccc4)nc3c2n1.Cc1cc(-c2ccc(-c3cccc(-c4cc(-c5ccccc5)nc(-c5cccc(-c6cccc7cnccc67)c5)n4)c3)cc2)c2ccc3ccc(-c4ccccc4)nc3c2n1. The van der Waals surface area contributed by atoms with Gasteiger partial charge in [0.2, 0.25) is 0 Å². The van der Waals surface area contributed by atoms with Crippen LogP contribution in [0.2, 0.25) is 0 Å². The molecule has 22 aromatic rings. The van der Waals surface area contributed by atoms with Gasteiger partial charge in [-0.1, -0.05) is 322 Å². The fourth-order valence-electron chi connectivity index (χ4n) is 16.9. The Morgan fingerprint density at radius 2 is 0.545 bits per heavy atom. The van der Waals surface area contributed by atoms with Crippen molar-refractivity contribution in [2.24, 2.45) is 0 Å². The number of pyridine rings is 6. The number of benzene rings is 14. The molecule has 14 aromatic carbocycles. The molecule has 0 atom stereocenters. The Kier molecular flexibility index (Phi) is 19.6. The van der Waals surface area contributed by atoms with Gasteiger partial charge in [-0.25, -0.2) is 29.9 Å². The quantitative estimate of drug-likeness (QED) is 0.0915. The van der Waals surface area contributed by atoms with Crippen LogP contribution in [0.4, 0.5) is 0 Å². The zero-order valence-electron chi connectivity index (χ0n) is 67.4. The molecule has 8 aromatic heterocycles. The number of hydrogen-bond acceptors (Lipinski definition) is 10. The van der Waals surface area contributed by atoms with E-state index in [-0.39, 0.29) is 0 Å². The van der Waals surface area contributed by atoms with Crippen LogP contribution < -0.4 is 0 Å². The molecule has 0 unspecified atom stereocenters. The Bertz CT molecular complexity index is 7770. The predicted molar refractivity (Wildman–Crippen MR) is 506 cm³/mol. The number of fused-ring (bicyclic) bond motifs is 8. The molecule has 0 fully saturated rings. The first-order chi connectivity index (χ1) is 60.8. The summed E-state index contributed by atoms with van der Waals surface area (Å²) in [5.74, 6) is 1.35. The van der Waals surface area contributed by atoms with Gasteiger partial charge in [0.25, 0.3) is 0 Å². The van der Waals surface area contributed by atoms with Crippen LogP contribution in [-0.4, -0.2) is 49.8 Å². The van der Waals surface area contributed by atoms with Crippen molar-refractivity contribution in [3.63, 3.8) is 0 Å². The molecule has 0 spiro atoms. The Hall–Kier alpha value is -16.3. The van der Waals surface area contributed by atoms with Gasteiger partial charge in [0.1, 0.15) is 0 Å². The summed E-state index contributed by atoms with van der Waals surface area (Å²) >= 11 is 0. The molecule has 0 saturated carbocycles. The van der Waals surface area contributed by atoms with Crippen molar-refractivity contribution in [1.82, 2.24) is 49.8 Å². The molecule has 0 radical (unpaired) electrons. The van der Waals surface area contributed by atoms with E-state index in [0.717, 1.165) is 223 Å². The average Bonchev–Trinajstić information content (AvgIpc) is 0.759. The third kappa shape index (κ3) is 15.0. The van der Waals surface area contributed by atoms with Crippen molar-refractivity contribution >= 4 is 65.2 Å². The average molecular weight is 1570 g/mol. The van der Waals surface area contributed by atoms with Crippen LogP contribution >= 0.6 is 0 Å². The summed E-state index contributed by atoms with van der Waals surface area (Å²) in [6, 6.07) is 136. The van der Waals surface area contributed by atoms with Gasteiger partial charge in [0.05, 0.1) is 56.2 Å². The monoisotopic (exact) mass is 1570 g/mol.